The van der Waals surface area contributed by atoms with Gasteiger partial charge >= 0.3 is 5.69 Å². The number of amides is 1. The summed E-state index contributed by atoms with van der Waals surface area (Å²) in [5.74, 6) is -0.335. The molecule has 0 saturated carbocycles. The van der Waals surface area contributed by atoms with Crippen molar-refractivity contribution in [3.8, 4) is 5.75 Å². The second-order valence-electron chi connectivity index (χ2n) is 6.56. The van der Waals surface area contributed by atoms with Crippen molar-refractivity contribution in [2.75, 3.05) is 19.5 Å². The maximum atomic E-state index is 10.8. The molecule has 0 unspecified atom stereocenters. The van der Waals surface area contributed by atoms with E-state index in [1.54, 1.807) is 14.1 Å². The van der Waals surface area contributed by atoms with E-state index in [1.807, 2.05) is 18.2 Å². The number of para-hydroxylation sites is 1. The number of nitrogens with one attached hydrogen (secondary N) is 2. The van der Waals surface area contributed by atoms with E-state index in [0.717, 1.165) is 21.8 Å². The van der Waals surface area contributed by atoms with E-state index in [0.29, 0.717) is 11.2 Å². The van der Waals surface area contributed by atoms with Crippen molar-refractivity contribution < 1.29 is 14.8 Å². The Hall–Kier alpha value is -4.13. The molecule has 0 atom stereocenters. The van der Waals surface area contributed by atoms with E-state index in [9.17, 15) is 20.0 Å². The van der Waals surface area contributed by atoms with Crippen molar-refractivity contribution in [1.82, 2.24) is 25.1 Å². The molecule has 0 radical (unpaired) electrons. The van der Waals surface area contributed by atoms with Gasteiger partial charge in [-0.3, -0.25) is 14.9 Å². The number of nitrogens with zero attached hydrogens (tertiary/aromatic N) is 6. The lowest BCUT2D eigenvalue weighted by Crippen LogP contribution is -2.06. The van der Waals surface area contributed by atoms with Gasteiger partial charge in [0.25, 0.3) is 5.95 Å². The van der Waals surface area contributed by atoms with Gasteiger partial charge in [0, 0.05) is 41.1 Å². The fourth-order valence-electron chi connectivity index (χ4n) is 2.55. The quantitative estimate of drug-likeness (QED) is 0.163. The molecule has 3 N–H and O–H groups in total. The number of nitro groups is 1. The highest BCUT2D eigenvalue weighted by atomic mass is 79.9. The number of H-pyrrole nitrogens is 1. The van der Waals surface area contributed by atoms with Crippen molar-refractivity contribution in [3.05, 3.63) is 56.5 Å². The highest BCUT2D eigenvalue weighted by Gasteiger charge is 2.15. The SMILES string of the molecule is CN(C)C=O.O=[N+]([O-])c1cccc(/C=N/Nc2nnc3c(n2)[nH]c2ccc(Br)cc23)c1O. The Balaban J connectivity index is 0.000000523. The Labute approximate surface area is 189 Å². The van der Waals surface area contributed by atoms with E-state index in [2.05, 4.69) is 46.6 Å². The van der Waals surface area contributed by atoms with E-state index in [4.69, 9.17) is 0 Å². The molecular formula is C19H17BrN8O4. The van der Waals surface area contributed by atoms with E-state index in [1.165, 1.54) is 29.3 Å². The number of halogens is 1. The average Bonchev–Trinajstić information content (AvgIpc) is 3.12. The van der Waals surface area contributed by atoms with E-state index < -0.39 is 16.4 Å². The molecule has 0 fully saturated rings. The minimum Gasteiger partial charge on any atom is -0.502 e. The monoisotopic (exact) mass is 500 g/mol. The van der Waals surface area contributed by atoms with Crippen molar-refractivity contribution in [3.63, 3.8) is 0 Å². The molecular weight excluding hydrogens is 484 g/mol. The van der Waals surface area contributed by atoms with E-state index in [-0.39, 0.29) is 11.5 Å². The largest absolute Gasteiger partial charge is 0.502 e. The first-order valence-corrected chi connectivity index (χ1v) is 9.78. The van der Waals surface area contributed by atoms with Gasteiger partial charge in [-0.1, -0.05) is 22.0 Å². The molecule has 164 valence electrons. The van der Waals surface area contributed by atoms with Crippen LogP contribution in [0.4, 0.5) is 11.6 Å². The predicted molar refractivity (Wildman–Crippen MR) is 123 cm³/mol. The third kappa shape index (κ3) is 5.13. The molecule has 2 aromatic heterocycles. The van der Waals surface area contributed by atoms with Gasteiger partial charge in [-0.2, -0.15) is 10.1 Å². The maximum Gasteiger partial charge on any atom is 0.311 e. The van der Waals surface area contributed by atoms with Crippen LogP contribution in [0, 0.1) is 10.1 Å². The zero-order valence-electron chi connectivity index (χ0n) is 16.9. The first kappa shape index (κ1) is 22.6. The van der Waals surface area contributed by atoms with Gasteiger partial charge in [0.2, 0.25) is 12.2 Å². The number of carbonyl (C=O) groups excluding carboxylic acids is 1. The van der Waals surface area contributed by atoms with Crippen LogP contribution in [0.2, 0.25) is 0 Å². The van der Waals surface area contributed by atoms with Gasteiger partial charge in [-0.25, -0.2) is 5.43 Å². The zero-order valence-corrected chi connectivity index (χ0v) is 18.4. The van der Waals surface area contributed by atoms with Crippen LogP contribution in [-0.4, -0.2) is 61.8 Å². The van der Waals surface area contributed by atoms with Crippen LogP contribution in [0.1, 0.15) is 5.56 Å². The lowest BCUT2D eigenvalue weighted by molar-refractivity contribution is -0.385. The second kappa shape index (κ2) is 9.78. The van der Waals surface area contributed by atoms with Gasteiger partial charge in [-0.05, 0) is 24.3 Å². The summed E-state index contributed by atoms with van der Waals surface area (Å²) in [5.41, 5.74) is 4.40. The Morgan fingerprint density at radius 1 is 1.28 bits per heavy atom. The molecule has 0 bridgehead atoms. The van der Waals surface area contributed by atoms with Crippen LogP contribution >= 0.6 is 15.9 Å². The molecule has 4 aromatic rings. The van der Waals surface area contributed by atoms with Crippen LogP contribution in [0.15, 0.2) is 46.0 Å². The molecule has 12 nitrogen and oxygen atoms in total. The molecule has 2 heterocycles. The third-order valence-electron chi connectivity index (χ3n) is 4.00. The van der Waals surface area contributed by atoms with Crippen LogP contribution in [0.25, 0.3) is 22.1 Å². The Bertz CT molecular complexity index is 1320. The third-order valence-corrected chi connectivity index (χ3v) is 4.49. The normalized spacial score (nSPS) is 10.7. The van der Waals surface area contributed by atoms with Crippen molar-refractivity contribution in [1.29, 1.82) is 0 Å². The summed E-state index contributed by atoms with van der Waals surface area (Å²) in [4.78, 5) is 28.5. The summed E-state index contributed by atoms with van der Waals surface area (Å²) >= 11 is 3.42. The molecule has 32 heavy (non-hydrogen) atoms. The minimum absolute atomic E-state index is 0.134. The molecule has 2 aromatic carbocycles. The second-order valence-corrected chi connectivity index (χ2v) is 7.47. The smallest absolute Gasteiger partial charge is 0.311 e. The number of fused-ring (bicyclic) bond motifs is 3. The molecule has 0 aliphatic heterocycles. The first-order valence-electron chi connectivity index (χ1n) is 8.99. The Morgan fingerprint density at radius 3 is 2.72 bits per heavy atom. The summed E-state index contributed by atoms with van der Waals surface area (Å²) in [6.45, 7) is 0. The van der Waals surface area contributed by atoms with Gasteiger partial charge in [0.05, 0.1) is 11.1 Å². The van der Waals surface area contributed by atoms with Gasteiger partial charge in [-0.15, -0.1) is 10.2 Å². The van der Waals surface area contributed by atoms with Crippen molar-refractivity contribution in [2.45, 2.75) is 0 Å². The first-order chi connectivity index (χ1) is 15.3. The van der Waals surface area contributed by atoms with E-state index >= 15 is 0 Å². The molecule has 1 amide bonds. The average molecular weight is 501 g/mol. The number of carbonyl (C=O) groups is 1. The van der Waals surface area contributed by atoms with Crippen LogP contribution in [0.3, 0.4) is 0 Å². The maximum absolute atomic E-state index is 10.8. The number of hydrazone groups is 1. The lowest BCUT2D eigenvalue weighted by Gasteiger charge is -2.00. The number of benzene rings is 2. The van der Waals surface area contributed by atoms with Gasteiger partial charge < -0.3 is 15.0 Å². The highest BCUT2D eigenvalue weighted by molar-refractivity contribution is 9.10. The molecule has 0 saturated heterocycles. The molecule has 4 rings (SSSR count). The minimum atomic E-state index is -0.671. The number of aromatic hydroxyl groups is 1. The summed E-state index contributed by atoms with van der Waals surface area (Å²) in [7, 11) is 3.38. The summed E-state index contributed by atoms with van der Waals surface area (Å²) in [6, 6.07) is 9.87. The van der Waals surface area contributed by atoms with Crippen LogP contribution in [0.5, 0.6) is 5.75 Å². The lowest BCUT2D eigenvalue weighted by atomic mass is 10.2. The number of hydrogen-bond donors (Lipinski definition) is 3. The fraction of sp³-hybridized carbons (Fsp3) is 0.105. The number of aromatic amines is 1. The zero-order chi connectivity index (χ0) is 23.3. The summed E-state index contributed by atoms with van der Waals surface area (Å²) < 4.78 is 0.918. The highest BCUT2D eigenvalue weighted by Crippen LogP contribution is 2.28. The standard InChI is InChI=1S/C16H10BrN7O3.C3H7NO/c17-9-4-5-11-10(6-9)13-15(19-11)20-16(23-21-13)22-18-7-8-2-1-3-12(14(8)25)24(26)27;1-4(2)3-5/h1-7,25H,(H2,19,20,22,23);3H,1-2H3/b18-7+;. The number of rotatable bonds is 5. The number of anilines is 1. The topological polar surface area (TPSA) is 163 Å². The molecule has 0 aliphatic rings. The number of phenols is 1. The number of nitro benzene ring substituents is 1. The fourth-order valence-corrected chi connectivity index (χ4v) is 2.91. The van der Waals surface area contributed by atoms with Crippen molar-refractivity contribution >= 4 is 62.3 Å². The van der Waals surface area contributed by atoms with Crippen molar-refractivity contribution in [2.24, 2.45) is 5.10 Å². The van der Waals surface area contributed by atoms with Crippen LogP contribution < -0.4 is 5.43 Å². The molecule has 0 spiro atoms. The molecule has 13 heteroatoms. The van der Waals surface area contributed by atoms with Crippen LogP contribution in [-0.2, 0) is 4.79 Å². The number of phenolic OH excluding ortho intramolecular Hbond substituents is 1. The number of hydrogen-bond acceptors (Lipinski definition) is 9. The summed E-state index contributed by atoms with van der Waals surface area (Å²) in [5, 5.41) is 33.6. The summed E-state index contributed by atoms with van der Waals surface area (Å²) in [6.07, 6.45) is 1.98. The van der Waals surface area contributed by atoms with Gasteiger partial charge in [0.15, 0.2) is 5.65 Å². The predicted octanol–water partition coefficient (Wildman–Crippen LogP) is 3.03. The Morgan fingerprint density at radius 2 is 2.03 bits per heavy atom. The Kier molecular flexibility index (Phi) is 6.90. The molecule has 0 aliphatic carbocycles. The van der Waals surface area contributed by atoms with Gasteiger partial charge in [0.1, 0.15) is 5.52 Å². The number of aromatic nitrogens is 4.